The zero-order valence-corrected chi connectivity index (χ0v) is 24.9. The lowest BCUT2D eigenvalue weighted by atomic mass is 9.93. The van der Waals surface area contributed by atoms with Gasteiger partial charge in [-0.05, 0) is 36.3 Å². The van der Waals surface area contributed by atoms with E-state index in [1.165, 1.54) is 16.8 Å². The van der Waals surface area contributed by atoms with Gasteiger partial charge in [0.05, 0.1) is 18.6 Å². The fourth-order valence-corrected chi connectivity index (χ4v) is 6.22. The first-order valence-electron chi connectivity index (χ1n) is 11.6. The monoisotopic (exact) mass is 518 g/mol. The zero-order chi connectivity index (χ0) is 25.6. The Morgan fingerprint density at radius 3 is 2.09 bits per heavy atom. The summed E-state index contributed by atoms with van der Waals surface area (Å²) in [5, 5.41) is 0.00767. The Labute approximate surface area is 205 Å². The minimum atomic E-state index is -2.21. The van der Waals surface area contributed by atoms with Crippen LogP contribution in [0.5, 0.6) is 0 Å². The predicted octanol–water partition coefficient (Wildman–Crippen LogP) is 5.09. The lowest BCUT2D eigenvalue weighted by Gasteiger charge is -2.45. The lowest BCUT2D eigenvalue weighted by molar-refractivity contribution is -0.109. The summed E-state index contributed by atoms with van der Waals surface area (Å²) < 4.78 is 21.6. The van der Waals surface area contributed by atoms with Crippen LogP contribution >= 0.6 is 11.6 Å². The number of rotatable bonds is 7. The topological polar surface area (TPSA) is 82.6 Å². The number of ether oxygens (including phenoxy) is 1. The third-order valence-electron chi connectivity index (χ3n) is 7.86. The normalized spacial score (nSPS) is 27.2. The fourth-order valence-electron chi connectivity index (χ4n) is 3.47. The van der Waals surface area contributed by atoms with E-state index in [2.05, 4.69) is 72.7 Å². The van der Waals surface area contributed by atoms with E-state index >= 15 is 0 Å². The van der Waals surface area contributed by atoms with Crippen LogP contribution in [0.4, 0.5) is 0 Å². The zero-order valence-electron chi connectivity index (χ0n) is 22.2. The first kappa shape index (κ1) is 28.5. The number of nitrogens with one attached hydrogen (secondary N) is 1. The van der Waals surface area contributed by atoms with E-state index in [9.17, 15) is 9.59 Å². The molecule has 190 valence electrons. The van der Waals surface area contributed by atoms with E-state index in [1.54, 1.807) is 0 Å². The highest BCUT2D eigenvalue weighted by atomic mass is 35.5. The molecular weight excluding hydrogens is 476 g/mol. The molecular formula is C23H43ClN2O5Si2. The number of nitrogens with zero attached hydrogens (tertiary/aromatic N) is 1. The summed E-state index contributed by atoms with van der Waals surface area (Å²) in [5.74, 6) is -0.0238. The Balaban J connectivity index is 2.54. The molecule has 1 aromatic heterocycles. The summed E-state index contributed by atoms with van der Waals surface area (Å²) >= 11 is 6.63. The second kappa shape index (κ2) is 9.39. The molecule has 4 atom stereocenters. The van der Waals surface area contributed by atoms with E-state index in [-0.39, 0.29) is 34.6 Å². The van der Waals surface area contributed by atoms with Crippen LogP contribution in [0.1, 0.15) is 54.7 Å². The number of halogens is 1. The van der Waals surface area contributed by atoms with Crippen LogP contribution < -0.4 is 11.2 Å². The van der Waals surface area contributed by atoms with Gasteiger partial charge in [-0.1, -0.05) is 48.5 Å². The number of aromatic nitrogens is 2. The molecule has 0 spiro atoms. The first-order valence-corrected chi connectivity index (χ1v) is 18.0. The summed E-state index contributed by atoms with van der Waals surface area (Å²) in [7, 11) is -4.31. The predicted molar refractivity (Wildman–Crippen MR) is 139 cm³/mol. The molecule has 0 amide bonds. The summed E-state index contributed by atoms with van der Waals surface area (Å²) in [6.45, 7) is 24.2. The van der Waals surface area contributed by atoms with Gasteiger partial charge in [0.25, 0.3) is 5.56 Å². The van der Waals surface area contributed by atoms with Crippen molar-refractivity contribution in [3.63, 3.8) is 0 Å². The molecule has 2 heterocycles. The summed E-state index contributed by atoms with van der Waals surface area (Å²) in [5.41, 5.74) is -1.88. The molecule has 0 bridgehead atoms. The van der Waals surface area contributed by atoms with Crippen molar-refractivity contribution in [2.75, 3.05) is 12.5 Å². The van der Waals surface area contributed by atoms with Gasteiger partial charge in [0.2, 0.25) is 0 Å². The Morgan fingerprint density at radius 1 is 1.09 bits per heavy atom. The van der Waals surface area contributed by atoms with Crippen LogP contribution in [0, 0.1) is 5.92 Å². The Bertz CT molecular complexity index is 948. The van der Waals surface area contributed by atoms with E-state index in [0.717, 1.165) is 0 Å². The maximum atomic E-state index is 12.6. The van der Waals surface area contributed by atoms with Crippen LogP contribution in [-0.2, 0) is 13.6 Å². The molecule has 7 nitrogen and oxygen atoms in total. The molecule has 1 fully saturated rings. The number of aromatic amines is 1. The average molecular weight is 519 g/mol. The van der Waals surface area contributed by atoms with Crippen molar-refractivity contribution in [2.45, 2.75) is 103 Å². The van der Waals surface area contributed by atoms with Crippen molar-refractivity contribution < 1.29 is 13.6 Å². The summed E-state index contributed by atoms with van der Waals surface area (Å²) in [4.78, 5) is 26.6. The van der Waals surface area contributed by atoms with Gasteiger partial charge in [0.15, 0.2) is 16.6 Å². The van der Waals surface area contributed by atoms with Gasteiger partial charge in [0, 0.05) is 18.2 Å². The quantitative estimate of drug-likeness (QED) is 0.401. The fraction of sp³-hybridized carbons (Fsp3) is 0.826. The second-order valence-electron chi connectivity index (χ2n) is 12.4. The Hall–Kier alpha value is -0.716. The molecule has 1 N–H and O–H groups in total. The van der Waals surface area contributed by atoms with Gasteiger partial charge in [-0.2, -0.15) is 0 Å². The highest BCUT2D eigenvalue weighted by Crippen LogP contribution is 2.48. The number of H-pyrrole nitrogens is 1. The van der Waals surface area contributed by atoms with Crippen LogP contribution in [0.25, 0.3) is 0 Å². The first-order chi connectivity index (χ1) is 14.8. The van der Waals surface area contributed by atoms with Crippen molar-refractivity contribution in [1.82, 2.24) is 9.55 Å². The molecule has 1 aliphatic heterocycles. The molecule has 0 saturated carbocycles. The maximum Gasteiger partial charge on any atom is 0.330 e. The van der Waals surface area contributed by atoms with Crippen molar-refractivity contribution in [3.8, 4) is 0 Å². The lowest BCUT2D eigenvalue weighted by Crippen LogP contribution is -2.57. The summed E-state index contributed by atoms with van der Waals surface area (Å²) in [6.07, 6.45) is 0.473. The van der Waals surface area contributed by atoms with Gasteiger partial charge in [-0.25, -0.2) is 4.79 Å². The van der Waals surface area contributed by atoms with E-state index in [0.29, 0.717) is 0 Å². The van der Waals surface area contributed by atoms with E-state index < -0.39 is 39.7 Å². The molecule has 2 rings (SSSR count). The maximum absolute atomic E-state index is 12.6. The van der Waals surface area contributed by atoms with Gasteiger partial charge in [-0.3, -0.25) is 14.3 Å². The summed E-state index contributed by atoms with van der Waals surface area (Å²) in [6, 6.07) is 1.33. The molecule has 0 unspecified atom stereocenters. The minimum Gasteiger partial charge on any atom is -0.414 e. The number of hydrogen-bond donors (Lipinski definition) is 1. The molecule has 1 aliphatic rings. The van der Waals surface area contributed by atoms with Crippen LogP contribution in [0.15, 0.2) is 21.9 Å². The standard InChI is InChI=1S/C23H43ClN2O5Si2/c1-16-18(31-33(10,11)22(5,6)7)23(14-24,15-29-32(8,9)21(2,3)4)30-19(16)26-13-12-17(27)25-20(26)28/h12-13,16,18-19H,14-15H2,1-11H3,(H,25,27,28)/t16-,18-,19+,23+/m0/s1. The van der Waals surface area contributed by atoms with Crippen molar-refractivity contribution in [3.05, 3.63) is 33.1 Å². The number of alkyl halides is 1. The van der Waals surface area contributed by atoms with E-state index in [4.69, 9.17) is 25.2 Å². The van der Waals surface area contributed by atoms with Gasteiger partial charge in [0.1, 0.15) is 11.8 Å². The van der Waals surface area contributed by atoms with Gasteiger partial charge >= 0.3 is 5.69 Å². The molecule has 10 heteroatoms. The third-order valence-corrected chi connectivity index (χ3v) is 17.3. The smallest absolute Gasteiger partial charge is 0.330 e. The second-order valence-corrected chi connectivity index (χ2v) is 22.3. The van der Waals surface area contributed by atoms with E-state index in [1.807, 2.05) is 6.92 Å². The Morgan fingerprint density at radius 2 is 1.64 bits per heavy atom. The molecule has 0 aromatic carbocycles. The molecule has 0 aliphatic carbocycles. The highest BCUT2D eigenvalue weighted by molar-refractivity contribution is 6.74. The average Bonchev–Trinajstić information content (AvgIpc) is 2.91. The minimum absolute atomic E-state index is 0.0159. The molecule has 0 radical (unpaired) electrons. The number of hydrogen-bond acceptors (Lipinski definition) is 5. The molecule has 1 aromatic rings. The van der Waals surface area contributed by atoms with Crippen LogP contribution in [0.3, 0.4) is 0 Å². The van der Waals surface area contributed by atoms with Crippen molar-refractivity contribution in [1.29, 1.82) is 0 Å². The van der Waals surface area contributed by atoms with Crippen molar-refractivity contribution >= 4 is 28.2 Å². The van der Waals surface area contributed by atoms with Crippen LogP contribution in [-0.4, -0.2) is 50.4 Å². The van der Waals surface area contributed by atoms with Crippen molar-refractivity contribution in [2.24, 2.45) is 5.92 Å². The van der Waals surface area contributed by atoms with Crippen LogP contribution in [0.2, 0.25) is 36.3 Å². The molecule has 33 heavy (non-hydrogen) atoms. The third kappa shape index (κ3) is 5.75. The molecule has 1 saturated heterocycles. The van der Waals surface area contributed by atoms with Gasteiger partial charge in [-0.15, -0.1) is 11.6 Å². The Kier molecular flexibility index (Phi) is 8.11. The largest absolute Gasteiger partial charge is 0.414 e. The highest BCUT2D eigenvalue weighted by Gasteiger charge is 2.58. The van der Waals surface area contributed by atoms with Gasteiger partial charge < -0.3 is 13.6 Å². The SMILES string of the molecule is C[C@@H]1[C@H](n2ccc(=O)[nH]c2=O)O[C@](CCl)(CO[Si](C)(C)C(C)(C)C)[C@H]1O[Si](C)(C)C(C)(C)C.